The number of rotatable bonds is 7. The Morgan fingerprint density at radius 2 is 2.12 bits per heavy atom. The number of imidazole rings is 1. The molecule has 6 heteroatoms. The molecule has 0 unspecified atom stereocenters. The van der Waals surface area contributed by atoms with Crippen molar-refractivity contribution in [1.82, 2.24) is 9.55 Å². The first-order valence-electron chi connectivity index (χ1n) is 5.84. The Kier molecular flexibility index (Phi) is 5.31. The van der Waals surface area contributed by atoms with Gasteiger partial charge >= 0.3 is 6.18 Å². The van der Waals surface area contributed by atoms with Gasteiger partial charge in [0.15, 0.2) is 0 Å². The third kappa shape index (κ3) is 5.60. The van der Waals surface area contributed by atoms with Crippen LogP contribution < -0.4 is 5.32 Å². The van der Waals surface area contributed by atoms with Crippen molar-refractivity contribution in [3.05, 3.63) is 12.4 Å². The SMILES string of the molecule is CCCn1ccnc1NCCCCC(F)(F)F. The van der Waals surface area contributed by atoms with E-state index < -0.39 is 12.6 Å². The van der Waals surface area contributed by atoms with Crippen LogP contribution in [-0.2, 0) is 6.54 Å². The minimum atomic E-state index is -4.04. The number of unbranched alkanes of at least 4 members (excludes halogenated alkanes) is 1. The molecule has 0 fully saturated rings. The van der Waals surface area contributed by atoms with Crippen LogP contribution >= 0.6 is 0 Å². The fraction of sp³-hybridized carbons (Fsp3) is 0.727. The van der Waals surface area contributed by atoms with Gasteiger partial charge in [-0.25, -0.2) is 4.98 Å². The Morgan fingerprint density at radius 1 is 1.35 bits per heavy atom. The fourth-order valence-electron chi connectivity index (χ4n) is 1.55. The lowest BCUT2D eigenvalue weighted by atomic mass is 10.2. The average molecular weight is 249 g/mol. The maximum absolute atomic E-state index is 11.9. The van der Waals surface area contributed by atoms with E-state index in [0.717, 1.165) is 18.9 Å². The first kappa shape index (κ1) is 13.9. The molecule has 0 aliphatic heterocycles. The van der Waals surface area contributed by atoms with Crippen molar-refractivity contribution < 1.29 is 13.2 Å². The van der Waals surface area contributed by atoms with Crippen molar-refractivity contribution in [3.63, 3.8) is 0 Å². The van der Waals surface area contributed by atoms with Crippen LogP contribution in [0.5, 0.6) is 0 Å². The van der Waals surface area contributed by atoms with Crippen molar-refractivity contribution in [1.29, 1.82) is 0 Å². The van der Waals surface area contributed by atoms with Crippen molar-refractivity contribution in [2.24, 2.45) is 0 Å². The number of alkyl halides is 3. The molecule has 1 aromatic heterocycles. The van der Waals surface area contributed by atoms with Crippen LogP contribution in [0.3, 0.4) is 0 Å². The number of anilines is 1. The molecule has 0 aliphatic carbocycles. The summed E-state index contributed by atoms with van der Waals surface area (Å²) in [6.45, 7) is 3.45. The molecule has 1 aromatic rings. The van der Waals surface area contributed by atoms with Crippen LogP contribution in [0.4, 0.5) is 19.1 Å². The highest BCUT2D eigenvalue weighted by Gasteiger charge is 2.25. The Hall–Kier alpha value is -1.20. The average Bonchev–Trinajstić information content (AvgIpc) is 2.64. The highest BCUT2D eigenvalue weighted by atomic mass is 19.4. The molecule has 0 atom stereocenters. The Bertz CT molecular complexity index is 320. The van der Waals surface area contributed by atoms with Gasteiger partial charge in [-0.3, -0.25) is 0 Å². The van der Waals surface area contributed by atoms with Crippen LogP contribution in [0, 0.1) is 0 Å². The van der Waals surface area contributed by atoms with Gasteiger partial charge in [-0.15, -0.1) is 0 Å². The maximum atomic E-state index is 11.9. The Morgan fingerprint density at radius 3 is 2.76 bits per heavy atom. The highest BCUT2D eigenvalue weighted by Crippen LogP contribution is 2.22. The first-order valence-corrected chi connectivity index (χ1v) is 5.84. The van der Waals surface area contributed by atoms with Crippen molar-refractivity contribution in [2.45, 2.75) is 45.3 Å². The van der Waals surface area contributed by atoms with Gasteiger partial charge in [-0.2, -0.15) is 13.2 Å². The standard InChI is InChI=1S/C11H18F3N3/c1-2-8-17-9-7-16-10(17)15-6-4-3-5-11(12,13)14/h7,9H,2-6,8H2,1H3,(H,15,16). The van der Waals surface area contributed by atoms with Gasteiger partial charge in [0.05, 0.1) is 0 Å². The topological polar surface area (TPSA) is 29.9 Å². The maximum Gasteiger partial charge on any atom is 0.389 e. The van der Waals surface area contributed by atoms with Gasteiger partial charge in [0, 0.05) is 31.9 Å². The van der Waals surface area contributed by atoms with E-state index in [2.05, 4.69) is 17.2 Å². The van der Waals surface area contributed by atoms with Crippen LogP contribution in [0.15, 0.2) is 12.4 Å². The molecule has 0 radical (unpaired) electrons. The van der Waals surface area contributed by atoms with Crippen LogP contribution in [-0.4, -0.2) is 22.3 Å². The van der Waals surface area contributed by atoms with Crippen LogP contribution in [0.1, 0.15) is 32.6 Å². The lowest BCUT2D eigenvalue weighted by Crippen LogP contribution is -2.11. The zero-order valence-electron chi connectivity index (χ0n) is 9.93. The van der Waals surface area contributed by atoms with E-state index in [1.54, 1.807) is 6.20 Å². The molecule has 0 bridgehead atoms. The van der Waals surface area contributed by atoms with Gasteiger partial charge in [0.1, 0.15) is 0 Å². The molecule has 0 aliphatic rings. The molecule has 17 heavy (non-hydrogen) atoms. The number of halogens is 3. The molecule has 1 N–H and O–H groups in total. The van der Waals surface area contributed by atoms with E-state index in [4.69, 9.17) is 0 Å². The lowest BCUT2D eigenvalue weighted by Gasteiger charge is -2.09. The van der Waals surface area contributed by atoms with Gasteiger partial charge < -0.3 is 9.88 Å². The number of hydrogen-bond donors (Lipinski definition) is 1. The van der Waals surface area contributed by atoms with Crippen molar-refractivity contribution >= 4 is 5.95 Å². The summed E-state index contributed by atoms with van der Waals surface area (Å²) in [5.74, 6) is 0.735. The molecule has 1 rings (SSSR count). The quantitative estimate of drug-likeness (QED) is 0.750. The highest BCUT2D eigenvalue weighted by molar-refractivity contribution is 5.25. The summed E-state index contributed by atoms with van der Waals surface area (Å²) in [6, 6.07) is 0. The number of nitrogens with one attached hydrogen (secondary N) is 1. The molecule has 0 aromatic carbocycles. The summed E-state index contributed by atoms with van der Waals surface area (Å²) >= 11 is 0. The second kappa shape index (κ2) is 6.51. The number of nitrogens with zero attached hydrogens (tertiary/aromatic N) is 2. The third-order valence-electron chi connectivity index (χ3n) is 2.35. The van der Waals surface area contributed by atoms with E-state index >= 15 is 0 Å². The molecule has 98 valence electrons. The van der Waals surface area contributed by atoms with E-state index in [0.29, 0.717) is 13.0 Å². The van der Waals surface area contributed by atoms with Crippen LogP contribution in [0.25, 0.3) is 0 Å². The Balaban J connectivity index is 2.20. The fourth-order valence-corrected chi connectivity index (χ4v) is 1.55. The second-order valence-corrected chi connectivity index (χ2v) is 3.94. The molecular weight excluding hydrogens is 231 g/mol. The summed E-state index contributed by atoms with van der Waals surface area (Å²) in [5.41, 5.74) is 0. The minimum absolute atomic E-state index is 0.158. The predicted octanol–water partition coefficient (Wildman–Crippen LogP) is 3.44. The van der Waals surface area contributed by atoms with Crippen molar-refractivity contribution in [2.75, 3.05) is 11.9 Å². The second-order valence-electron chi connectivity index (χ2n) is 3.94. The third-order valence-corrected chi connectivity index (χ3v) is 2.35. The largest absolute Gasteiger partial charge is 0.389 e. The molecule has 0 amide bonds. The number of aromatic nitrogens is 2. The zero-order valence-corrected chi connectivity index (χ0v) is 9.93. The summed E-state index contributed by atoms with van der Waals surface area (Å²) in [6.07, 6.45) is 0.455. The summed E-state index contributed by atoms with van der Waals surface area (Å²) in [7, 11) is 0. The molecular formula is C11H18F3N3. The van der Waals surface area contributed by atoms with Gasteiger partial charge in [0.2, 0.25) is 5.95 Å². The van der Waals surface area contributed by atoms with Gasteiger partial charge in [-0.1, -0.05) is 6.92 Å². The van der Waals surface area contributed by atoms with E-state index in [-0.39, 0.29) is 6.42 Å². The summed E-state index contributed by atoms with van der Waals surface area (Å²) < 4.78 is 37.6. The molecule has 0 spiro atoms. The summed E-state index contributed by atoms with van der Waals surface area (Å²) in [5, 5.41) is 3.05. The number of aryl methyl sites for hydroxylation is 1. The monoisotopic (exact) mass is 249 g/mol. The van der Waals surface area contributed by atoms with E-state index in [1.165, 1.54) is 0 Å². The normalized spacial score (nSPS) is 11.8. The Labute approximate surface area is 99.0 Å². The van der Waals surface area contributed by atoms with E-state index in [9.17, 15) is 13.2 Å². The first-order chi connectivity index (χ1) is 8.03. The molecule has 1 heterocycles. The molecule has 3 nitrogen and oxygen atoms in total. The van der Waals surface area contributed by atoms with E-state index in [1.807, 2.05) is 10.8 Å². The summed E-state index contributed by atoms with van der Waals surface area (Å²) in [4.78, 5) is 4.11. The van der Waals surface area contributed by atoms with Crippen LogP contribution in [0.2, 0.25) is 0 Å². The van der Waals surface area contributed by atoms with Gasteiger partial charge in [0.25, 0.3) is 0 Å². The smallest absolute Gasteiger partial charge is 0.356 e. The lowest BCUT2D eigenvalue weighted by molar-refractivity contribution is -0.135. The predicted molar refractivity (Wildman–Crippen MR) is 60.9 cm³/mol. The van der Waals surface area contributed by atoms with Gasteiger partial charge in [-0.05, 0) is 19.3 Å². The molecule has 0 saturated heterocycles. The minimum Gasteiger partial charge on any atom is -0.356 e. The van der Waals surface area contributed by atoms with Crippen molar-refractivity contribution in [3.8, 4) is 0 Å². The zero-order chi connectivity index (χ0) is 12.7. The molecule has 0 saturated carbocycles. The number of hydrogen-bond acceptors (Lipinski definition) is 2.